The lowest BCUT2D eigenvalue weighted by molar-refractivity contribution is 0.0996. The summed E-state index contributed by atoms with van der Waals surface area (Å²) < 4.78 is 32.6. The average molecular weight is 404 g/mol. The number of carbonyl (C=O) groups excluding carboxylic acids is 1. The standard InChI is InChI=1S/C20H21FN2O4S/c1-4-27-11-10-23-18-14(21)6-5-7-17(18)28-20(23)22-19(24)13-8-9-15(25-2)16(12-13)26-3/h5-9,12H,4,10-11H2,1-3H3. The van der Waals surface area contributed by atoms with Crippen LogP contribution in [0.1, 0.15) is 17.3 Å². The van der Waals surface area contributed by atoms with Gasteiger partial charge in [-0.2, -0.15) is 4.99 Å². The highest BCUT2D eigenvalue weighted by Gasteiger charge is 2.14. The van der Waals surface area contributed by atoms with E-state index in [0.717, 1.165) is 4.70 Å². The largest absolute Gasteiger partial charge is 0.493 e. The molecule has 0 aliphatic rings. The zero-order valence-electron chi connectivity index (χ0n) is 15.9. The fourth-order valence-electron chi connectivity index (χ4n) is 2.80. The lowest BCUT2D eigenvalue weighted by Crippen LogP contribution is -2.20. The smallest absolute Gasteiger partial charge is 0.279 e. The number of para-hydroxylation sites is 1. The first-order valence-electron chi connectivity index (χ1n) is 8.75. The topological polar surface area (TPSA) is 62.1 Å². The molecule has 0 N–H and O–H groups in total. The summed E-state index contributed by atoms with van der Waals surface area (Å²) in [6, 6.07) is 9.68. The third-order valence-electron chi connectivity index (χ3n) is 4.14. The molecular formula is C20H21FN2O4S. The number of rotatable bonds is 7. The molecule has 0 aliphatic heterocycles. The van der Waals surface area contributed by atoms with E-state index in [1.165, 1.54) is 31.6 Å². The quantitative estimate of drug-likeness (QED) is 0.564. The molecule has 0 spiro atoms. The van der Waals surface area contributed by atoms with Crippen molar-refractivity contribution >= 4 is 27.5 Å². The molecule has 1 aromatic heterocycles. The van der Waals surface area contributed by atoms with E-state index in [4.69, 9.17) is 14.2 Å². The Hall–Kier alpha value is -2.71. The number of aromatic nitrogens is 1. The van der Waals surface area contributed by atoms with Crippen LogP contribution >= 0.6 is 11.3 Å². The van der Waals surface area contributed by atoms with Crippen molar-refractivity contribution in [1.29, 1.82) is 0 Å². The number of ether oxygens (including phenoxy) is 3. The number of methoxy groups -OCH3 is 2. The molecular weight excluding hydrogens is 383 g/mol. The molecule has 148 valence electrons. The Morgan fingerprint density at radius 1 is 1.18 bits per heavy atom. The van der Waals surface area contributed by atoms with E-state index in [9.17, 15) is 9.18 Å². The molecule has 1 heterocycles. The maximum Gasteiger partial charge on any atom is 0.279 e. The molecule has 0 unspecified atom stereocenters. The third-order valence-corrected chi connectivity index (χ3v) is 5.19. The molecule has 0 saturated carbocycles. The van der Waals surface area contributed by atoms with Gasteiger partial charge >= 0.3 is 0 Å². The first-order valence-corrected chi connectivity index (χ1v) is 9.57. The summed E-state index contributed by atoms with van der Waals surface area (Å²) in [7, 11) is 3.02. The minimum atomic E-state index is -0.446. The Bertz CT molecular complexity index is 1060. The monoisotopic (exact) mass is 404 g/mol. The summed E-state index contributed by atoms with van der Waals surface area (Å²) in [6.07, 6.45) is 0. The van der Waals surface area contributed by atoms with E-state index in [-0.39, 0.29) is 5.82 Å². The van der Waals surface area contributed by atoms with Gasteiger partial charge in [-0.15, -0.1) is 0 Å². The van der Waals surface area contributed by atoms with Crippen LogP contribution in [0.2, 0.25) is 0 Å². The van der Waals surface area contributed by atoms with Gasteiger partial charge in [0.15, 0.2) is 16.3 Å². The number of carbonyl (C=O) groups is 1. The van der Waals surface area contributed by atoms with Gasteiger partial charge in [0.1, 0.15) is 5.82 Å². The first kappa shape index (κ1) is 20.0. The Morgan fingerprint density at radius 2 is 1.96 bits per heavy atom. The minimum absolute atomic E-state index is 0.354. The predicted molar refractivity (Wildman–Crippen MR) is 106 cm³/mol. The molecule has 28 heavy (non-hydrogen) atoms. The molecule has 8 heteroatoms. The summed E-state index contributed by atoms with van der Waals surface area (Å²) in [5.74, 6) is 0.160. The maximum atomic E-state index is 14.4. The van der Waals surface area contributed by atoms with E-state index in [1.807, 2.05) is 6.92 Å². The van der Waals surface area contributed by atoms with Crippen LogP contribution in [0.25, 0.3) is 10.2 Å². The Morgan fingerprint density at radius 3 is 2.68 bits per heavy atom. The lowest BCUT2D eigenvalue weighted by atomic mass is 10.2. The van der Waals surface area contributed by atoms with E-state index in [2.05, 4.69) is 4.99 Å². The van der Waals surface area contributed by atoms with Gasteiger partial charge in [0.2, 0.25) is 0 Å². The van der Waals surface area contributed by atoms with Gasteiger partial charge < -0.3 is 18.8 Å². The van der Waals surface area contributed by atoms with Gasteiger partial charge in [-0.1, -0.05) is 17.4 Å². The fraction of sp³-hybridized carbons (Fsp3) is 0.300. The SMILES string of the molecule is CCOCCn1c(=NC(=O)c2ccc(OC)c(OC)c2)sc2cccc(F)c21. The van der Waals surface area contributed by atoms with Crippen LogP contribution in [0.5, 0.6) is 11.5 Å². The van der Waals surface area contributed by atoms with Crippen molar-refractivity contribution in [2.75, 3.05) is 27.4 Å². The highest BCUT2D eigenvalue weighted by Crippen LogP contribution is 2.28. The number of hydrogen-bond acceptors (Lipinski definition) is 5. The van der Waals surface area contributed by atoms with Crippen molar-refractivity contribution in [2.45, 2.75) is 13.5 Å². The molecule has 3 aromatic rings. The fourth-order valence-corrected chi connectivity index (χ4v) is 3.87. The number of halogens is 1. The zero-order valence-corrected chi connectivity index (χ0v) is 16.7. The summed E-state index contributed by atoms with van der Waals surface area (Å²) in [5, 5.41) is 0. The molecule has 0 bridgehead atoms. The van der Waals surface area contributed by atoms with E-state index >= 15 is 0 Å². The average Bonchev–Trinajstić information content (AvgIpc) is 3.06. The van der Waals surface area contributed by atoms with Gasteiger partial charge in [0, 0.05) is 18.7 Å². The minimum Gasteiger partial charge on any atom is -0.493 e. The van der Waals surface area contributed by atoms with Crippen LogP contribution in [0, 0.1) is 5.82 Å². The summed E-state index contributed by atoms with van der Waals surface area (Å²) in [6.45, 7) is 3.24. The zero-order chi connectivity index (χ0) is 20.1. The van der Waals surface area contributed by atoms with Crippen LogP contribution in [0.15, 0.2) is 41.4 Å². The lowest BCUT2D eigenvalue weighted by Gasteiger charge is -2.08. The number of fused-ring (bicyclic) bond motifs is 1. The summed E-state index contributed by atoms with van der Waals surface area (Å²) in [5.41, 5.74) is 0.776. The second-order valence-corrected chi connectivity index (χ2v) is 6.82. The van der Waals surface area contributed by atoms with E-state index < -0.39 is 5.91 Å². The number of hydrogen-bond donors (Lipinski definition) is 0. The van der Waals surface area contributed by atoms with Crippen molar-refractivity contribution in [1.82, 2.24) is 4.57 Å². The second kappa shape index (κ2) is 8.99. The molecule has 0 atom stereocenters. The highest BCUT2D eigenvalue weighted by atomic mass is 32.1. The number of thiazole rings is 1. The Kier molecular flexibility index (Phi) is 6.43. The van der Waals surface area contributed by atoms with Crippen LogP contribution < -0.4 is 14.3 Å². The third kappa shape index (κ3) is 4.07. The van der Waals surface area contributed by atoms with Crippen LogP contribution in [-0.2, 0) is 11.3 Å². The van der Waals surface area contributed by atoms with Crippen molar-refractivity contribution in [2.24, 2.45) is 4.99 Å². The molecule has 0 fully saturated rings. The van der Waals surface area contributed by atoms with Gasteiger partial charge in [-0.05, 0) is 37.3 Å². The summed E-state index contributed by atoms with van der Waals surface area (Å²) in [4.78, 5) is 17.4. The van der Waals surface area contributed by atoms with E-state index in [1.54, 1.807) is 34.9 Å². The molecule has 2 aromatic carbocycles. The molecule has 3 rings (SSSR count). The van der Waals surface area contributed by atoms with Crippen LogP contribution in [-0.4, -0.2) is 37.9 Å². The van der Waals surface area contributed by atoms with Gasteiger partial charge in [0.25, 0.3) is 5.91 Å². The molecule has 0 saturated heterocycles. The highest BCUT2D eigenvalue weighted by molar-refractivity contribution is 7.16. The normalized spacial score (nSPS) is 11.8. The van der Waals surface area contributed by atoms with Crippen molar-refractivity contribution in [3.05, 3.63) is 52.6 Å². The van der Waals surface area contributed by atoms with Crippen molar-refractivity contribution < 1.29 is 23.4 Å². The van der Waals surface area contributed by atoms with Gasteiger partial charge in [-0.3, -0.25) is 4.79 Å². The molecule has 6 nitrogen and oxygen atoms in total. The summed E-state index contributed by atoms with van der Waals surface area (Å²) >= 11 is 1.26. The Balaban J connectivity index is 2.06. The predicted octanol–water partition coefficient (Wildman–Crippen LogP) is 3.64. The maximum absolute atomic E-state index is 14.4. The van der Waals surface area contributed by atoms with E-state index in [0.29, 0.717) is 47.1 Å². The Labute approximate surface area is 165 Å². The van der Waals surface area contributed by atoms with Gasteiger partial charge in [-0.25, -0.2) is 4.39 Å². The second-order valence-electron chi connectivity index (χ2n) is 5.81. The number of amides is 1. The van der Waals surface area contributed by atoms with Crippen LogP contribution in [0.3, 0.4) is 0 Å². The molecule has 1 amide bonds. The van der Waals surface area contributed by atoms with Gasteiger partial charge in [0.05, 0.1) is 31.0 Å². The van der Waals surface area contributed by atoms with Crippen molar-refractivity contribution in [3.63, 3.8) is 0 Å². The number of nitrogens with zero attached hydrogens (tertiary/aromatic N) is 2. The van der Waals surface area contributed by atoms with Crippen molar-refractivity contribution in [3.8, 4) is 11.5 Å². The first-order chi connectivity index (χ1) is 13.6. The molecule has 0 aliphatic carbocycles. The number of benzene rings is 2. The molecule has 0 radical (unpaired) electrons. The van der Waals surface area contributed by atoms with Crippen LogP contribution in [0.4, 0.5) is 4.39 Å².